The molecule has 0 unspecified atom stereocenters. The molecule has 2 saturated heterocycles. The van der Waals surface area contributed by atoms with Crippen molar-refractivity contribution in [1.82, 2.24) is 10.2 Å². The van der Waals surface area contributed by atoms with Crippen molar-refractivity contribution in [2.45, 2.75) is 30.5 Å². The standard InChI is InChI=1S/C20H28F3N3O5/c1-30-12-17(28)24-10-15-18(19(29)16(11-27)31-15)26-7-5-25(6-8-26)14-4-2-3-13(9-14)20(21,22)23/h2-4,9,15-16,18-19,27,29H,5-8,10-12H2,1H3,(H,24,28)/t15-,16+,18+,19-/m1/s1. The second-order valence-corrected chi connectivity index (χ2v) is 7.68. The lowest BCUT2D eigenvalue weighted by atomic mass is 10.0. The van der Waals surface area contributed by atoms with Gasteiger partial charge in [0.15, 0.2) is 0 Å². The Kier molecular flexibility index (Phi) is 7.76. The highest BCUT2D eigenvalue weighted by molar-refractivity contribution is 5.77. The first kappa shape index (κ1) is 23.7. The number of hydrogen-bond acceptors (Lipinski definition) is 7. The number of carbonyl (C=O) groups is 1. The molecule has 0 aromatic heterocycles. The van der Waals surface area contributed by atoms with Crippen molar-refractivity contribution >= 4 is 11.6 Å². The van der Waals surface area contributed by atoms with Gasteiger partial charge in [-0.25, -0.2) is 0 Å². The number of carbonyl (C=O) groups excluding carboxylic acids is 1. The molecule has 1 amide bonds. The van der Waals surface area contributed by atoms with Crippen LogP contribution in [0.5, 0.6) is 0 Å². The maximum atomic E-state index is 13.0. The molecule has 1 aromatic carbocycles. The Morgan fingerprint density at radius 1 is 1.26 bits per heavy atom. The summed E-state index contributed by atoms with van der Waals surface area (Å²) in [6, 6.07) is 4.77. The molecule has 0 radical (unpaired) electrons. The molecular formula is C20H28F3N3O5. The minimum atomic E-state index is -4.40. The summed E-state index contributed by atoms with van der Waals surface area (Å²) < 4.78 is 49.6. The molecule has 2 heterocycles. The predicted molar refractivity (Wildman–Crippen MR) is 106 cm³/mol. The summed E-state index contributed by atoms with van der Waals surface area (Å²) in [5.74, 6) is -0.318. The lowest BCUT2D eigenvalue weighted by molar-refractivity contribution is -0.137. The Balaban J connectivity index is 1.64. The van der Waals surface area contributed by atoms with Gasteiger partial charge in [0.05, 0.1) is 24.3 Å². The third-order valence-electron chi connectivity index (χ3n) is 5.69. The SMILES string of the molecule is COCC(=O)NC[C@H]1O[C@@H](CO)[C@@H](O)[C@H]1N1CCN(c2cccc(C(F)(F)F)c2)CC1. The highest BCUT2D eigenvalue weighted by atomic mass is 19.4. The second kappa shape index (κ2) is 10.1. The van der Waals surface area contributed by atoms with Gasteiger partial charge in [-0.05, 0) is 18.2 Å². The second-order valence-electron chi connectivity index (χ2n) is 7.68. The monoisotopic (exact) mass is 447 g/mol. The first-order valence-electron chi connectivity index (χ1n) is 10.1. The molecule has 1 aromatic rings. The fourth-order valence-corrected chi connectivity index (χ4v) is 4.15. The van der Waals surface area contributed by atoms with Gasteiger partial charge >= 0.3 is 6.18 Å². The first-order valence-corrected chi connectivity index (χ1v) is 10.1. The number of alkyl halides is 3. The normalized spacial score (nSPS) is 27.5. The molecule has 0 spiro atoms. The molecule has 0 aliphatic carbocycles. The summed E-state index contributed by atoms with van der Waals surface area (Å²) in [6.07, 6.45) is -6.65. The third kappa shape index (κ3) is 5.66. The number of aliphatic hydroxyl groups is 2. The zero-order chi connectivity index (χ0) is 22.6. The van der Waals surface area contributed by atoms with Crippen molar-refractivity contribution in [1.29, 1.82) is 0 Å². The number of amides is 1. The van der Waals surface area contributed by atoms with E-state index in [1.54, 1.807) is 6.07 Å². The van der Waals surface area contributed by atoms with Crippen LogP contribution in [-0.4, -0.2) is 98.4 Å². The van der Waals surface area contributed by atoms with Crippen molar-refractivity contribution in [2.75, 3.05) is 57.9 Å². The van der Waals surface area contributed by atoms with Crippen LogP contribution in [-0.2, 0) is 20.4 Å². The maximum absolute atomic E-state index is 13.0. The van der Waals surface area contributed by atoms with E-state index in [1.165, 1.54) is 13.2 Å². The minimum absolute atomic E-state index is 0.0982. The number of methoxy groups -OCH3 is 1. The van der Waals surface area contributed by atoms with Gasteiger partial charge < -0.3 is 29.9 Å². The zero-order valence-electron chi connectivity index (χ0n) is 17.2. The number of benzene rings is 1. The minimum Gasteiger partial charge on any atom is -0.394 e. The van der Waals surface area contributed by atoms with Crippen LogP contribution in [0.3, 0.4) is 0 Å². The highest BCUT2D eigenvalue weighted by Crippen LogP contribution is 2.32. The highest BCUT2D eigenvalue weighted by Gasteiger charge is 2.46. The fourth-order valence-electron chi connectivity index (χ4n) is 4.15. The van der Waals surface area contributed by atoms with Gasteiger partial charge in [-0.1, -0.05) is 6.07 Å². The van der Waals surface area contributed by atoms with E-state index >= 15 is 0 Å². The molecule has 8 nitrogen and oxygen atoms in total. The largest absolute Gasteiger partial charge is 0.416 e. The van der Waals surface area contributed by atoms with E-state index in [0.29, 0.717) is 31.9 Å². The molecule has 31 heavy (non-hydrogen) atoms. The Labute approximate surface area is 178 Å². The molecular weight excluding hydrogens is 419 g/mol. The van der Waals surface area contributed by atoms with Crippen LogP contribution in [0.1, 0.15) is 5.56 Å². The van der Waals surface area contributed by atoms with Crippen molar-refractivity contribution < 1.29 is 37.7 Å². The number of aliphatic hydroxyl groups excluding tert-OH is 2. The lowest BCUT2D eigenvalue weighted by Gasteiger charge is -2.41. The van der Waals surface area contributed by atoms with Gasteiger partial charge in [0, 0.05) is 45.5 Å². The number of ether oxygens (including phenoxy) is 2. The number of halogens is 3. The van der Waals surface area contributed by atoms with Crippen LogP contribution in [0, 0.1) is 0 Å². The van der Waals surface area contributed by atoms with Gasteiger partial charge in [-0.15, -0.1) is 0 Å². The summed E-state index contributed by atoms with van der Waals surface area (Å²) in [6.45, 7) is 1.61. The van der Waals surface area contributed by atoms with E-state index in [2.05, 4.69) is 5.32 Å². The van der Waals surface area contributed by atoms with E-state index in [0.717, 1.165) is 12.1 Å². The van der Waals surface area contributed by atoms with Crippen LogP contribution in [0.25, 0.3) is 0 Å². The van der Waals surface area contributed by atoms with Gasteiger partial charge in [-0.2, -0.15) is 13.2 Å². The zero-order valence-corrected chi connectivity index (χ0v) is 17.2. The summed E-state index contributed by atoms with van der Waals surface area (Å²) in [5.41, 5.74) is -0.195. The molecule has 4 atom stereocenters. The van der Waals surface area contributed by atoms with E-state index < -0.39 is 36.1 Å². The molecule has 2 fully saturated rings. The summed E-state index contributed by atoms with van der Waals surface area (Å²) >= 11 is 0. The molecule has 2 aliphatic heterocycles. The average molecular weight is 447 g/mol. The van der Waals surface area contributed by atoms with Crippen LogP contribution >= 0.6 is 0 Å². The van der Waals surface area contributed by atoms with Crippen LogP contribution < -0.4 is 10.2 Å². The van der Waals surface area contributed by atoms with Gasteiger partial charge in [0.2, 0.25) is 5.91 Å². The van der Waals surface area contributed by atoms with Gasteiger partial charge in [0.25, 0.3) is 0 Å². The van der Waals surface area contributed by atoms with Crippen molar-refractivity contribution in [3.63, 3.8) is 0 Å². The van der Waals surface area contributed by atoms with Crippen molar-refractivity contribution in [2.24, 2.45) is 0 Å². The van der Waals surface area contributed by atoms with Crippen LogP contribution in [0.15, 0.2) is 24.3 Å². The quantitative estimate of drug-likeness (QED) is 0.545. The number of piperazine rings is 1. The molecule has 2 aliphatic rings. The Hall–Kier alpha value is -1.92. The van der Waals surface area contributed by atoms with Crippen molar-refractivity contribution in [3.05, 3.63) is 29.8 Å². The summed E-state index contributed by atoms with van der Waals surface area (Å²) in [7, 11) is 1.41. The number of hydrogen-bond donors (Lipinski definition) is 3. The Bertz CT molecular complexity index is 743. The molecule has 0 saturated carbocycles. The Morgan fingerprint density at radius 3 is 2.58 bits per heavy atom. The Morgan fingerprint density at radius 2 is 1.97 bits per heavy atom. The van der Waals surface area contributed by atoms with Crippen LogP contribution in [0.4, 0.5) is 18.9 Å². The number of anilines is 1. The number of nitrogens with one attached hydrogen (secondary N) is 1. The van der Waals surface area contributed by atoms with Gasteiger partial charge in [0.1, 0.15) is 18.8 Å². The summed E-state index contributed by atoms with van der Waals surface area (Å²) in [4.78, 5) is 15.6. The molecule has 3 rings (SSSR count). The van der Waals surface area contributed by atoms with E-state index in [4.69, 9.17) is 9.47 Å². The lowest BCUT2D eigenvalue weighted by Crippen LogP contribution is -2.57. The van der Waals surface area contributed by atoms with Gasteiger partial charge in [-0.3, -0.25) is 9.69 Å². The molecule has 0 bridgehead atoms. The van der Waals surface area contributed by atoms with Crippen LogP contribution in [0.2, 0.25) is 0 Å². The molecule has 174 valence electrons. The fraction of sp³-hybridized carbons (Fsp3) is 0.650. The van der Waals surface area contributed by atoms with E-state index in [1.807, 2.05) is 9.80 Å². The maximum Gasteiger partial charge on any atom is 0.416 e. The predicted octanol–water partition coefficient (Wildman–Crippen LogP) is 0.0792. The molecule has 11 heteroatoms. The summed E-state index contributed by atoms with van der Waals surface area (Å²) in [5, 5.41) is 22.8. The number of nitrogens with zero attached hydrogens (tertiary/aromatic N) is 2. The average Bonchev–Trinajstić information content (AvgIpc) is 3.07. The number of rotatable bonds is 7. The molecule has 3 N–H and O–H groups in total. The topological polar surface area (TPSA) is 94.5 Å². The third-order valence-corrected chi connectivity index (χ3v) is 5.69. The first-order chi connectivity index (χ1) is 14.7. The smallest absolute Gasteiger partial charge is 0.394 e. The van der Waals surface area contributed by atoms with E-state index in [-0.39, 0.29) is 25.7 Å². The van der Waals surface area contributed by atoms with Crippen molar-refractivity contribution in [3.8, 4) is 0 Å². The van der Waals surface area contributed by atoms with E-state index in [9.17, 15) is 28.2 Å².